The van der Waals surface area contributed by atoms with Gasteiger partial charge in [0.25, 0.3) is 5.91 Å². The number of benzene rings is 3. The highest BCUT2D eigenvalue weighted by Gasteiger charge is 2.33. The van der Waals surface area contributed by atoms with Crippen molar-refractivity contribution in [3.63, 3.8) is 0 Å². The molecular weight excluding hydrogens is 522 g/mol. The number of likely N-dealkylation sites (N-methyl/N-ethyl adjacent to an activating group) is 1. The number of fused-ring (bicyclic) bond motifs is 1. The van der Waals surface area contributed by atoms with Gasteiger partial charge in [0.05, 0.1) is 11.4 Å². The maximum absolute atomic E-state index is 13.6. The topological polar surface area (TPSA) is 143 Å². The van der Waals surface area contributed by atoms with E-state index in [4.69, 9.17) is 15.5 Å². The molecule has 3 aromatic carbocycles. The second-order valence-electron chi connectivity index (χ2n) is 10.6. The molecule has 1 aliphatic rings. The Hall–Kier alpha value is -4.99. The van der Waals surface area contributed by atoms with Crippen LogP contribution in [0.3, 0.4) is 0 Å². The number of primary amides is 1. The van der Waals surface area contributed by atoms with Gasteiger partial charge in [0.1, 0.15) is 11.6 Å². The summed E-state index contributed by atoms with van der Waals surface area (Å²) in [5.74, 6) is -1.64. The van der Waals surface area contributed by atoms with Crippen molar-refractivity contribution in [2.75, 3.05) is 11.9 Å². The molecule has 0 spiro atoms. The molecule has 41 heavy (non-hydrogen) atoms. The summed E-state index contributed by atoms with van der Waals surface area (Å²) in [6.07, 6.45) is -1.90. The maximum atomic E-state index is 13.6. The van der Waals surface area contributed by atoms with Crippen LogP contribution in [-0.2, 0) is 20.7 Å². The smallest absolute Gasteiger partial charge is 0.408 e. The van der Waals surface area contributed by atoms with E-state index >= 15 is 0 Å². The molecule has 1 unspecified atom stereocenters. The summed E-state index contributed by atoms with van der Waals surface area (Å²) in [6, 6.07) is 21.9. The van der Waals surface area contributed by atoms with Gasteiger partial charge >= 0.3 is 6.09 Å². The summed E-state index contributed by atoms with van der Waals surface area (Å²) in [5, 5.41) is 5.37. The summed E-state index contributed by atoms with van der Waals surface area (Å²) in [6.45, 7) is 5.17. The number of hydrogen-bond acceptors (Lipinski definition) is 6. The summed E-state index contributed by atoms with van der Waals surface area (Å²) in [5.41, 5.74) is 8.09. The number of amides is 4. The number of benzodiazepines with no additional fused rings is 1. The van der Waals surface area contributed by atoms with Gasteiger partial charge in [-0.05, 0) is 44.5 Å². The monoisotopic (exact) mass is 555 g/mol. The Morgan fingerprint density at radius 2 is 1.61 bits per heavy atom. The highest BCUT2D eigenvalue weighted by Crippen LogP contribution is 2.27. The molecule has 0 aromatic heterocycles. The van der Waals surface area contributed by atoms with Gasteiger partial charge in [-0.2, -0.15) is 0 Å². The molecule has 0 radical (unpaired) electrons. The first kappa shape index (κ1) is 29.0. The van der Waals surface area contributed by atoms with E-state index in [2.05, 4.69) is 10.6 Å². The van der Waals surface area contributed by atoms with E-state index in [0.29, 0.717) is 28.1 Å². The molecule has 4 N–H and O–H groups in total. The van der Waals surface area contributed by atoms with Crippen molar-refractivity contribution >= 4 is 35.2 Å². The number of rotatable bonds is 7. The van der Waals surface area contributed by atoms with E-state index in [1.54, 1.807) is 64.2 Å². The van der Waals surface area contributed by atoms with Crippen molar-refractivity contribution in [2.24, 2.45) is 10.7 Å². The molecule has 1 heterocycles. The molecule has 2 atom stereocenters. The van der Waals surface area contributed by atoms with Crippen molar-refractivity contribution < 1.29 is 23.9 Å². The third-order valence-corrected chi connectivity index (χ3v) is 6.36. The predicted octanol–water partition coefficient (Wildman–Crippen LogP) is 3.18. The highest BCUT2D eigenvalue weighted by atomic mass is 16.6. The maximum Gasteiger partial charge on any atom is 0.408 e. The molecular formula is C31H33N5O5. The van der Waals surface area contributed by atoms with Crippen LogP contribution in [0.5, 0.6) is 0 Å². The van der Waals surface area contributed by atoms with Crippen LogP contribution >= 0.6 is 0 Å². The zero-order valence-electron chi connectivity index (χ0n) is 23.4. The minimum atomic E-state index is -1.30. The van der Waals surface area contributed by atoms with Crippen molar-refractivity contribution in [2.45, 2.75) is 45.0 Å². The number of alkyl carbamates (subject to hydrolysis) is 1. The van der Waals surface area contributed by atoms with E-state index in [1.165, 1.54) is 4.90 Å². The lowest BCUT2D eigenvalue weighted by Crippen LogP contribution is -2.54. The zero-order valence-corrected chi connectivity index (χ0v) is 23.4. The Morgan fingerprint density at radius 1 is 0.976 bits per heavy atom. The third-order valence-electron chi connectivity index (χ3n) is 6.36. The number of carbonyl (C=O) groups excluding carboxylic acids is 4. The number of carbonyl (C=O) groups is 4. The molecule has 1 aliphatic heterocycles. The molecule has 0 aliphatic carbocycles. The van der Waals surface area contributed by atoms with E-state index < -0.39 is 41.6 Å². The Balaban J connectivity index is 1.69. The van der Waals surface area contributed by atoms with E-state index in [9.17, 15) is 19.2 Å². The number of nitrogens with one attached hydrogen (secondary N) is 2. The minimum Gasteiger partial charge on any atom is -0.444 e. The van der Waals surface area contributed by atoms with Crippen molar-refractivity contribution in [1.82, 2.24) is 10.6 Å². The van der Waals surface area contributed by atoms with Crippen LogP contribution in [0.2, 0.25) is 0 Å². The quantitative estimate of drug-likeness (QED) is 0.410. The molecule has 10 nitrogen and oxygen atoms in total. The Morgan fingerprint density at radius 3 is 2.24 bits per heavy atom. The molecule has 0 saturated heterocycles. The number of nitrogens with two attached hydrogens (primary N) is 1. The standard InChI is InChI=1S/C31H33N5O5/c1-31(2,3)41-30(40)33-23(18-19-10-6-5-7-11-19)28(38)35-27-29(39)36(4)24-13-9-8-12-22(24)25(34-27)20-14-16-21(17-15-20)26(32)37/h5-17,23,27H,18H2,1-4H3,(H2,32,37)(H,33,40)(H,35,38)/t23-,27?/m1/s1. The first-order chi connectivity index (χ1) is 19.4. The number of para-hydroxylation sites is 1. The van der Waals surface area contributed by atoms with Crippen LogP contribution in [0.4, 0.5) is 10.5 Å². The summed E-state index contributed by atoms with van der Waals surface area (Å²) >= 11 is 0. The van der Waals surface area contributed by atoms with Crippen LogP contribution < -0.4 is 21.3 Å². The number of nitrogens with zero attached hydrogens (tertiary/aromatic N) is 2. The fraction of sp³-hybridized carbons (Fsp3) is 0.258. The van der Waals surface area contributed by atoms with Gasteiger partial charge < -0.3 is 26.0 Å². The average Bonchev–Trinajstić information content (AvgIpc) is 3.03. The lowest BCUT2D eigenvalue weighted by Gasteiger charge is -2.25. The van der Waals surface area contributed by atoms with E-state index in [0.717, 1.165) is 5.56 Å². The molecule has 3 aromatic rings. The molecule has 212 valence electrons. The Bertz CT molecular complexity index is 1480. The zero-order chi connectivity index (χ0) is 29.7. The first-order valence-corrected chi connectivity index (χ1v) is 13.1. The van der Waals surface area contributed by atoms with Crippen molar-refractivity contribution in [3.8, 4) is 0 Å². The summed E-state index contributed by atoms with van der Waals surface area (Å²) in [7, 11) is 1.61. The molecule has 0 bridgehead atoms. The molecule has 0 saturated carbocycles. The fourth-order valence-corrected chi connectivity index (χ4v) is 4.38. The number of ether oxygens (including phenoxy) is 1. The van der Waals surface area contributed by atoms with Gasteiger partial charge in [0, 0.05) is 30.2 Å². The lowest BCUT2D eigenvalue weighted by molar-refractivity contribution is -0.128. The Labute approximate surface area is 238 Å². The van der Waals surface area contributed by atoms with E-state index in [-0.39, 0.29) is 6.42 Å². The second-order valence-corrected chi connectivity index (χ2v) is 10.6. The van der Waals surface area contributed by atoms with Crippen LogP contribution in [0.1, 0.15) is 47.8 Å². The molecule has 10 heteroatoms. The van der Waals surface area contributed by atoms with Gasteiger partial charge in [-0.3, -0.25) is 14.4 Å². The van der Waals surface area contributed by atoms with Gasteiger partial charge in [-0.1, -0.05) is 60.7 Å². The Kier molecular flexibility index (Phi) is 8.51. The SMILES string of the molecule is CN1C(=O)C(NC(=O)[C@@H](Cc2ccccc2)NC(=O)OC(C)(C)C)N=C(c2ccc(C(N)=O)cc2)c2ccccc21. The van der Waals surface area contributed by atoms with Crippen LogP contribution in [0.25, 0.3) is 0 Å². The fourth-order valence-electron chi connectivity index (χ4n) is 4.38. The van der Waals surface area contributed by atoms with Crippen molar-refractivity contribution in [1.29, 1.82) is 0 Å². The van der Waals surface area contributed by atoms with Gasteiger partial charge in [0.15, 0.2) is 0 Å². The molecule has 4 rings (SSSR count). The largest absolute Gasteiger partial charge is 0.444 e. The average molecular weight is 556 g/mol. The second kappa shape index (κ2) is 12.0. The highest BCUT2D eigenvalue weighted by molar-refractivity contribution is 6.20. The third kappa shape index (κ3) is 7.16. The minimum absolute atomic E-state index is 0.161. The predicted molar refractivity (Wildman–Crippen MR) is 156 cm³/mol. The molecule has 0 fully saturated rings. The number of aliphatic imine (C=N–C) groups is 1. The molecule has 4 amide bonds. The summed E-state index contributed by atoms with van der Waals surface area (Å²) in [4.78, 5) is 57.6. The van der Waals surface area contributed by atoms with E-state index in [1.807, 2.05) is 42.5 Å². The van der Waals surface area contributed by atoms with Crippen LogP contribution in [0.15, 0.2) is 83.9 Å². The van der Waals surface area contributed by atoms with Gasteiger partial charge in [-0.15, -0.1) is 0 Å². The van der Waals surface area contributed by atoms with Crippen LogP contribution in [0, 0.1) is 0 Å². The number of hydrogen-bond donors (Lipinski definition) is 3. The van der Waals surface area contributed by atoms with Crippen LogP contribution in [-0.4, -0.2) is 54.4 Å². The lowest BCUT2D eigenvalue weighted by atomic mass is 9.99. The normalized spacial score (nSPS) is 15.6. The summed E-state index contributed by atoms with van der Waals surface area (Å²) < 4.78 is 5.38. The van der Waals surface area contributed by atoms with Gasteiger partial charge in [-0.25, -0.2) is 9.79 Å². The van der Waals surface area contributed by atoms with Crippen molar-refractivity contribution in [3.05, 3.63) is 101 Å². The van der Waals surface area contributed by atoms with Gasteiger partial charge in [0.2, 0.25) is 18.0 Å². The number of anilines is 1. The first-order valence-electron chi connectivity index (χ1n) is 13.1.